The zero-order valence-corrected chi connectivity index (χ0v) is 10.4. The van der Waals surface area contributed by atoms with Crippen LogP contribution in [0.15, 0.2) is 10.5 Å². The number of halogens is 1. The molecular weight excluding hydrogens is 242 g/mol. The van der Waals surface area contributed by atoms with E-state index in [1.54, 1.807) is 0 Å². The molecule has 0 radical (unpaired) electrons. The van der Waals surface area contributed by atoms with Crippen LogP contribution in [-0.2, 0) is 0 Å². The van der Waals surface area contributed by atoms with Crippen molar-refractivity contribution in [3.63, 3.8) is 0 Å². The van der Waals surface area contributed by atoms with E-state index >= 15 is 0 Å². The first-order valence-corrected chi connectivity index (χ1v) is 5.47. The van der Waals surface area contributed by atoms with Gasteiger partial charge in [0.1, 0.15) is 5.75 Å². The molecule has 2 nitrogen and oxygen atoms in total. The Hall–Kier alpha value is -0.540. The van der Waals surface area contributed by atoms with Gasteiger partial charge in [-0.1, -0.05) is 6.92 Å². The molecule has 1 aromatic rings. The van der Waals surface area contributed by atoms with E-state index in [1.807, 2.05) is 26.8 Å². The molecular formula is C11H16BrNO. The van der Waals surface area contributed by atoms with Crippen molar-refractivity contribution in [3.8, 4) is 5.75 Å². The second kappa shape index (κ2) is 4.32. The van der Waals surface area contributed by atoms with Crippen LogP contribution >= 0.6 is 15.9 Å². The summed E-state index contributed by atoms with van der Waals surface area (Å²) in [6.45, 7) is 6.62. The molecule has 0 aromatic heterocycles. The molecule has 0 aliphatic rings. The molecule has 1 rings (SSSR count). The first-order valence-electron chi connectivity index (χ1n) is 4.67. The van der Waals surface area contributed by atoms with Crippen LogP contribution in [0.3, 0.4) is 0 Å². The van der Waals surface area contributed by atoms with Crippen LogP contribution in [0.5, 0.6) is 5.75 Å². The minimum Gasteiger partial charge on any atom is -0.506 e. The van der Waals surface area contributed by atoms with Gasteiger partial charge in [-0.25, -0.2) is 0 Å². The molecule has 0 amide bonds. The number of nitrogens with two attached hydrogens (primary N) is 1. The molecule has 1 atom stereocenters. The Kier molecular flexibility index (Phi) is 3.56. The van der Waals surface area contributed by atoms with Crippen LogP contribution in [0.4, 0.5) is 0 Å². The molecule has 0 spiro atoms. The van der Waals surface area contributed by atoms with Gasteiger partial charge >= 0.3 is 0 Å². The van der Waals surface area contributed by atoms with Crippen LogP contribution in [0.25, 0.3) is 0 Å². The molecule has 0 fully saturated rings. The highest BCUT2D eigenvalue weighted by molar-refractivity contribution is 9.10. The summed E-state index contributed by atoms with van der Waals surface area (Å²) in [6.07, 6.45) is 0. The fraction of sp³-hybridized carbons (Fsp3) is 0.455. The standard InChI is InChI=1S/C11H16BrNO/c1-6-4-9(12)11(14)10(8(6)3)7(2)5-13/h4,7,14H,5,13H2,1-3H3. The zero-order valence-electron chi connectivity index (χ0n) is 8.76. The summed E-state index contributed by atoms with van der Waals surface area (Å²) in [6, 6.07) is 1.93. The third-order valence-corrected chi connectivity index (χ3v) is 3.27. The van der Waals surface area contributed by atoms with Crippen LogP contribution in [-0.4, -0.2) is 11.7 Å². The van der Waals surface area contributed by atoms with Crippen molar-refractivity contribution < 1.29 is 5.11 Å². The van der Waals surface area contributed by atoms with Crippen LogP contribution in [0, 0.1) is 13.8 Å². The quantitative estimate of drug-likeness (QED) is 0.856. The van der Waals surface area contributed by atoms with Crippen molar-refractivity contribution in [2.75, 3.05) is 6.54 Å². The zero-order chi connectivity index (χ0) is 10.9. The fourth-order valence-corrected chi connectivity index (χ4v) is 2.16. The molecule has 0 heterocycles. The van der Waals surface area contributed by atoms with Gasteiger partial charge in [-0.15, -0.1) is 0 Å². The van der Waals surface area contributed by atoms with E-state index in [0.717, 1.165) is 15.6 Å². The third-order valence-electron chi connectivity index (χ3n) is 2.67. The Bertz CT molecular complexity index is 323. The van der Waals surface area contributed by atoms with Gasteiger partial charge in [-0.2, -0.15) is 0 Å². The molecule has 1 unspecified atom stereocenters. The first-order chi connectivity index (χ1) is 6.49. The van der Waals surface area contributed by atoms with E-state index in [9.17, 15) is 5.11 Å². The molecule has 0 bridgehead atoms. The average molecular weight is 258 g/mol. The maximum absolute atomic E-state index is 9.90. The lowest BCUT2D eigenvalue weighted by Gasteiger charge is -2.17. The fourth-order valence-electron chi connectivity index (χ4n) is 1.61. The number of phenols is 1. The number of aromatic hydroxyl groups is 1. The highest BCUT2D eigenvalue weighted by Gasteiger charge is 2.16. The number of hydrogen-bond acceptors (Lipinski definition) is 2. The summed E-state index contributed by atoms with van der Waals surface area (Å²) in [4.78, 5) is 0. The molecule has 78 valence electrons. The summed E-state index contributed by atoms with van der Waals surface area (Å²) >= 11 is 3.34. The molecule has 14 heavy (non-hydrogen) atoms. The van der Waals surface area contributed by atoms with Crippen molar-refractivity contribution in [2.45, 2.75) is 26.7 Å². The van der Waals surface area contributed by atoms with Crippen molar-refractivity contribution in [1.29, 1.82) is 0 Å². The minimum absolute atomic E-state index is 0.186. The predicted octanol–water partition coefficient (Wildman–Crippen LogP) is 2.83. The normalized spacial score (nSPS) is 12.9. The SMILES string of the molecule is Cc1cc(Br)c(O)c(C(C)CN)c1C. The molecule has 0 saturated carbocycles. The summed E-state index contributed by atoms with van der Waals surface area (Å²) in [7, 11) is 0. The van der Waals surface area contributed by atoms with Gasteiger partial charge in [0.25, 0.3) is 0 Å². The first kappa shape index (κ1) is 11.5. The van der Waals surface area contributed by atoms with E-state index < -0.39 is 0 Å². The second-order valence-electron chi connectivity index (χ2n) is 3.70. The summed E-state index contributed by atoms with van der Waals surface area (Å²) in [5, 5.41) is 9.90. The van der Waals surface area contributed by atoms with E-state index in [-0.39, 0.29) is 5.92 Å². The van der Waals surface area contributed by atoms with E-state index in [4.69, 9.17) is 5.73 Å². The molecule has 1 aromatic carbocycles. The summed E-state index contributed by atoms with van der Waals surface area (Å²) < 4.78 is 0.746. The van der Waals surface area contributed by atoms with Gasteiger partial charge in [0.2, 0.25) is 0 Å². The van der Waals surface area contributed by atoms with E-state index in [1.165, 1.54) is 5.56 Å². The van der Waals surface area contributed by atoms with Crippen molar-refractivity contribution >= 4 is 15.9 Å². The molecule has 3 heteroatoms. The lowest BCUT2D eigenvalue weighted by atomic mass is 9.92. The largest absolute Gasteiger partial charge is 0.506 e. The summed E-state index contributed by atoms with van der Waals surface area (Å²) in [5.74, 6) is 0.511. The Labute approximate surface area is 93.3 Å². The van der Waals surface area contributed by atoms with Gasteiger partial charge in [-0.3, -0.25) is 0 Å². The highest BCUT2D eigenvalue weighted by atomic mass is 79.9. The van der Waals surface area contributed by atoms with Crippen LogP contribution in [0.2, 0.25) is 0 Å². The molecule has 0 aliphatic carbocycles. The number of aryl methyl sites for hydroxylation is 1. The maximum Gasteiger partial charge on any atom is 0.133 e. The Morgan fingerprint density at radius 1 is 1.50 bits per heavy atom. The number of hydrogen-bond donors (Lipinski definition) is 2. The lowest BCUT2D eigenvalue weighted by Crippen LogP contribution is -2.11. The van der Waals surface area contributed by atoms with Crippen molar-refractivity contribution in [1.82, 2.24) is 0 Å². The van der Waals surface area contributed by atoms with Crippen molar-refractivity contribution in [3.05, 3.63) is 27.2 Å². The van der Waals surface area contributed by atoms with Gasteiger partial charge < -0.3 is 10.8 Å². The topological polar surface area (TPSA) is 46.2 Å². The van der Waals surface area contributed by atoms with Crippen LogP contribution < -0.4 is 5.73 Å². The summed E-state index contributed by atoms with van der Waals surface area (Å²) in [5.41, 5.74) is 8.87. The molecule has 3 N–H and O–H groups in total. The Balaban J connectivity index is 3.39. The number of benzene rings is 1. The molecule has 0 aliphatic heterocycles. The minimum atomic E-state index is 0.186. The van der Waals surface area contributed by atoms with E-state index in [0.29, 0.717) is 12.3 Å². The smallest absolute Gasteiger partial charge is 0.133 e. The second-order valence-corrected chi connectivity index (χ2v) is 4.55. The molecule has 0 saturated heterocycles. The highest BCUT2D eigenvalue weighted by Crippen LogP contribution is 2.36. The average Bonchev–Trinajstić information content (AvgIpc) is 2.15. The third kappa shape index (κ3) is 1.93. The van der Waals surface area contributed by atoms with E-state index in [2.05, 4.69) is 15.9 Å². The van der Waals surface area contributed by atoms with Crippen molar-refractivity contribution in [2.24, 2.45) is 5.73 Å². The maximum atomic E-state index is 9.90. The van der Waals surface area contributed by atoms with Crippen LogP contribution in [0.1, 0.15) is 29.5 Å². The van der Waals surface area contributed by atoms with Gasteiger partial charge in [0, 0.05) is 5.56 Å². The Morgan fingerprint density at radius 2 is 2.07 bits per heavy atom. The van der Waals surface area contributed by atoms with Gasteiger partial charge in [-0.05, 0) is 59.4 Å². The number of rotatable bonds is 2. The monoisotopic (exact) mass is 257 g/mol. The predicted molar refractivity (Wildman–Crippen MR) is 62.8 cm³/mol. The Morgan fingerprint density at radius 3 is 2.57 bits per heavy atom. The van der Waals surface area contributed by atoms with Gasteiger partial charge in [0.15, 0.2) is 0 Å². The number of phenolic OH excluding ortho intramolecular Hbond substituents is 1. The van der Waals surface area contributed by atoms with Gasteiger partial charge in [0.05, 0.1) is 4.47 Å². The lowest BCUT2D eigenvalue weighted by molar-refractivity contribution is 0.458.